The van der Waals surface area contributed by atoms with Gasteiger partial charge in [0.05, 0.1) is 20.6 Å². The maximum Gasteiger partial charge on any atom is 0.307 e. The lowest BCUT2D eigenvalue weighted by Crippen LogP contribution is -2.22. The SMILES string of the molecule is COc1ccc(NC(=O)COC(=O)CC(c2ccccc2)c2ccccc2)cc1OC. The molecule has 0 heterocycles. The van der Waals surface area contributed by atoms with Crippen molar-refractivity contribution in [1.29, 1.82) is 0 Å². The van der Waals surface area contributed by atoms with E-state index in [9.17, 15) is 9.59 Å². The van der Waals surface area contributed by atoms with Crippen LogP contribution in [0.2, 0.25) is 0 Å². The Morgan fingerprint density at radius 2 is 1.39 bits per heavy atom. The minimum absolute atomic E-state index is 0.137. The van der Waals surface area contributed by atoms with Crippen LogP contribution in [-0.2, 0) is 14.3 Å². The van der Waals surface area contributed by atoms with Gasteiger partial charge in [-0.05, 0) is 23.3 Å². The number of benzene rings is 3. The fraction of sp³-hybridized carbons (Fsp3) is 0.200. The molecule has 1 amide bonds. The first-order valence-electron chi connectivity index (χ1n) is 9.88. The molecular formula is C25H25NO5. The van der Waals surface area contributed by atoms with Gasteiger partial charge in [-0.2, -0.15) is 0 Å². The van der Waals surface area contributed by atoms with Crippen LogP contribution in [0.5, 0.6) is 11.5 Å². The predicted octanol–water partition coefficient (Wildman–Crippen LogP) is 4.41. The predicted molar refractivity (Wildman–Crippen MR) is 118 cm³/mol. The molecule has 3 aromatic carbocycles. The minimum atomic E-state index is -0.444. The van der Waals surface area contributed by atoms with E-state index in [-0.39, 0.29) is 18.9 Å². The lowest BCUT2D eigenvalue weighted by Gasteiger charge is -2.17. The van der Waals surface area contributed by atoms with Crippen LogP contribution in [-0.4, -0.2) is 32.7 Å². The monoisotopic (exact) mass is 419 g/mol. The molecule has 6 heteroatoms. The maximum atomic E-state index is 12.5. The summed E-state index contributed by atoms with van der Waals surface area (Å²) in [5.41, 5.74) is 2.55. The van der Waals surface area contributed by atoms with Gasteiger partial charge in [0.2, 0.25) is 0 Å². The van der Waals surface area contributed by atoms with Gasteiger partial charge in [-0.3, -0.25) is 9.59 Å². The first-order chi connectivity index (χ1) is 15.1. The minimum Gasteiger partial charge on any atom is -0.493 e. The van der Waals surface area contributed by atoms with E-state index in [1.807, 2.05) is 60.7 Å². The van der Waals surface area contributed by atoms with Gasteiger partial charge in [0.15, 0.2) is 18.1 Å². The highest BCUT2D eigenvalue weighted by molar-refractivity contribution is 5.93. The third-order valence-corrected chi connectivity index (χ3v) is 4.81. The quantitative estimate of drug-likeness (QED) is 0.520. The number of carbonyl (C=O) groups excluding carboxylic acids is 2. The van der Waals surface area contributed by atoms with Crippen molar-refractivity contribution in [2.24, 2.45) is 0 Å². The third-order valence-electron chi connectivity index (χ3n) is 4.81. The highest BCUT2D eigenvalue weighted by Crippen LogP contribution is 2.30. The summed E-state index contributed by atoms with van der Waals surface area (Å²) < 4.78 is 15.6. The summed E-state index contributed by atoms with van der Waals surface area (Å²) in [4.78, 5) is 24.7. The lowest BCUT2D eigenvalue weighted by atomic mass is 9.89. The maximum absolute atomic E-state index is 12.5. The second-order valence-corrected chi connectivity index (χ2v) is 6.86. The van der Waals surface area contributed by atoms with Gasteiger partial charge in [-0.1, -0.05) is 60.7 Å². The van der Waals surface area contributed by atoms with Gasteiger partial charge in [0.1, 0.15) is 0 Å². The molecule has 0 aliphatic heterocycles. The van der Waals surface area contributed by atoms with Crippen molar-refractivity contribution in [3.8, 4) is 11.5 Å². The molecule has 0 fully saturated rings. The van der Waals surface area contributed by atoms with Crippen molar-refractivity contribution in [3.63, 3.8) is 0 Å². The van der Waals surface area contributed by atoms with Crippen LogP contribution in [0.1, 0.15) is 23.5 Å². The second kappa shape index (κ2) is 10.8. The Morgan fingerprint density at radius 1 is 0.806 bits per heavy atom. The molecule has 3 rings (SSSR count). The summed E-state index contributed by atoms with van der Waals surface area (Å²) >= 11 is 0. The summed E-state index contributed by atoms with van der Waals surface area (Å²) in [5.74, 6) is 0.0196. The molecule has 1 N–H and O–H groups in total. The number of rotatable bonds is 9. The van der Waals surface area contributed by atoms with E-state index >= 15 is 0 Å². The largest absolute Gasteiger partial charge is 0.493 e. The van der Waals surface area contributed by atoms with Crippen molar-refractivity contribution >= 4 is 17.6 Å². The van der Waals surface area contributed by atoms with Crippen LogP contribution in [0.3, 0.4) is 0 Å². The normalized spacial score (nSPS) is 10.4. The number of hydrogen-bond acceptors (Lipinski definition) is 5. The number of carbonyl (C=O) groups is 2. The average molecular weight is 419 g/mol. The molecule has 160 valence electrons. The van der Waals surface area contributed by atoms with E-state index < -0.39 is 11.9 Å². The van der Waals surface area contributed by atoms with E-state index in [0.717, 1.165) is 11.1 Å². The number of hydrogen-bond donors (Lipinski definition) is 1. The van der Waals surface area contributed by atoms with Gasteiger partial charge in [0, 0.05) is 17.7 Å². The highest BCUT2D eigenvalue weighted by Gasteiger charge is 2.20. The Hall–Kier alpha value is -3.80. The average Bonchev–Trinajstić information content (AvgIpc) is 2.82. The Morgan fingerprint density at radius 3 is 1.94 bits per heavy atom. The molecule has 0 saturated heterocycles. The zero-order valence-electron chi connectivity index (χ0n) is 17.5. The Balaban J connectivity index is 1.60. The molecule has 0 radical (unpaired) electrons. The molecule has 0 bridgehead atoms. The fourth-order valence-corrected chi connectivity index (χ4v) is 3.28. The third kappa shape index (κ3) is 6.09. The molecule has 3 aromatic rings. The van der Waals surface area contributed by atoms with Crippen molar-refractivity contribution in [3.05, 3.63) is 90.0 Å². The zero-order chi connectivity index (χ0) is 22.1. The second-order valence-electron chi connectivity index (χ2n) is 6.86. The van der Waals surface area contributed by atoms with E-state index in [4.69, 9.17) is 14.2 Å². The molecule has 0 spiro atoms. The summed E-state index contributed by atoms with van der Waals surface area (Å²) in [7, 11) is 3.05. The summed E-state index contributed by atoms with van der Waals surface area (Å²) in [6.07, 6.45) is 0.137. The number of esters is 1. The topological polar surface area (TPSA) is 73.9 Å². The number of amides is 1. The van der Waals surface area contributed by atoms with Gasteiger partial charge in [-0.25, -0.2) is 0 Å². The first-order valence-corrected chi connectivity index (χ1v) is 9.88. The molecule has 0 aliphatic rings. The molecule has 0 atom stereocenters. The molecule has 0 aromatic heterocycles. The van der Waals surface area contributed by atoms with Crippen molar-refractivity contribution in [2.75, 3.05) is 26.1 Å². The van der Waals surface area contributed by atoms with Crippen LogP contribution in [0, 0.1) is 0 Å². The summed E-state index contributed by atoms with van der Waals surface area (Å²) in [6, 6.07) is 24.5. The smallest absolute Gasteiger partial charge is 0.307 e. The van der Waals surface area contributed by atoms with Gasteiger partial charge >= 0.3 is 5.97 Å². The zero-order valence-corrected chi connectivity index (χ0v) is 17.5. The van der Waals surface area contributed by atoms with E-state index in [0.29, 0.717) is 17.2 Å². The van der Waals surface area contributed by atoms with Crippen LogP contribution >= 0.6 is 0 Å². The van der Waals surface area contributed by atoms with E-state index in [1.54, 1.807) is 18.2 Å². The van der Waals surface area contributed by atoms with Gasteiger partial charge in [0.25, 0.3) is 5.91 Å². The molecule has 0 aliphatic carbocycles. The molecular weight excluding hydrogens is 394 g/mol. The van der Waals surface area contributed by atoms with Crippen molar-refractivity contribution in [2.45, 2.75) is 12.3 Å². The van der Waals surface area contributed by atoms with Gasteiger partial charge in [-0.15, -0.1) is 0 Å². The van der Waals surface area contributed by atoms with E-state index in [1.165, 1.54) is 14.2 Å². The highest BCUT2D eigenvalue weighted by atomic mass is 16.5. The van der Waals surface area contributed by atoms with Crippen LogP contribution < -0.4 is 14.8 Å². The van der Waals surface area contributed by atoms with Crippen molar-refractivity contribution in [1.82, 2.24) is 0 Å². The van der Waals surface area contributed by atoms with Gasteiger partial charge < -0.3 is 19.5 Å². The number of methoxy groups -OCH3 is 2. The molecule has 6 nitrogen and oxygen atoms in total. The number of ether oxygens (including phenoxy) is 3. The van der Waals surface area contributed by atoms with Crippen LogP contribution in [0.4, 0.5) is 5.69 Å². The van der Waals surface area contributed by atoms with E-state index in [2.05, 4.69) is 5.32 Å². The Labute approximate surface area is 181 Å². The Bertz CT molecular complexity index is 965. The van der Waals surface area contributed by atoms with Crippen LogP contribution in [0.15, 0.2) is 78.9 Å². The number of nitrogens with one attached hydrogen (secondary N) is 1. The number of anilines is 1. The van der Waals surface area contributed by atoms with Crippen LogP contribution in [0.25, 0.3) is 0 Å². The molecule has 31 heavy (non-hydrogen) atoms. The molecule has 0 unspecified atom stereocenters. The first kappa shape index (κ1) is 21.9. The molecule has 0 saturated carbocycles. The lowest BCUT2D eigenvalue weighted by molar-refractivity contribution is -0.147. The standard InChI is InChI=1S/C25H25NO5/c1-29-22-14-13-20(15-23(22)30-2)26-24(27)17-31-25(28)16-21(18-9-5-3-6-10-18)19-11-7-4-8-12-19/h3-15,21H,16-17H2,1-2H3,(H,26,27). The summed E-state index contributed by atoms with van der Waals surface area (Å²) in [6.45, 7) is -0.372. The summed E-state index contributed by atoms with van der Waals surface area (Å²) in [5, 5.41) is 2.69. The van der Waals surface area contributed by atoms with Crippen molar-refractivity contribution < 1.29 is 23.8 Å². The fourth-order valence-electron chi connectivity index (χ4n) is 3.28. The Kier molecular flexibility index (Phi) is 7.65.